The molecule has 0 spiro atoms. The van der Waals surface area contributed by atoms with Crippen LogP contribution in [0.1, 0.15) is 17.5 Å². The standard InChI is InChI=1S/C14H17NO4/c1-8-3-9(5-10(4-8)19-2)7-15-13(16)11-6-12(11)14(17)18/h3-5,11-12H,6-7H2,1-2H3,(H,15,16)(H,17,18). The molecular weight excluding hydrogens is 246 g/mol. The Bertz CT molecular complexity index is 512. The average Bonchev–Trinajstić information content (AvgIpc) is 3.15. The molecule has 1 aliphatic rings. The van der Waals surface area contributed by atoms with Gasteiger partial charge in [0, 0.05) is 6.54 Å². The number of methoxy groups -OCH3 is 1. The molecule has 1 aliphatic carbocycles. The maximum atomic E-state index is 11.7. The zero-order valence-corrected chi connectivity index (χ0v) is 11.0. The second kappa shape index (κ2) is 5.30. The second-order valence-electron chi connectivity index (χ2n) is 4.86. The lowest BCUT2D eigenvalue weighted by Crippen LogP contribution is -2.25. The fourth-order valence-electron chi connectivity index (χ4n) is 2.12. The summed E-state index contributed by atoms with van der Waals surface area (Å²) in [6, 6.07) is 5.73. The van der Waals surface area contributed by atoms with Gasteiger partial charge in [-0.1, -0.05) is 6.07 Å². The molecule has 0 radical (unpaired) electrons. The van der Waals surface area contributed by atoms with Gasteiger partial charge < -0.3 is 15.2 Å². The maximum absolute atomic E-state index is 11.7. The molecule has 1 saturated carbocycles. The third-order valence-electron chi connectivity index (χ3n) is 3.26. The van der Waals surface area contributed by atoms with E-state index in [2.05, 4.69) is 5.32 Å². The summed E-state index contributed by atoms with van der Waals surface area (Å²) in [6.07, 6.45) is 0.443. The van der Waals surface area contributed by atoms with Crippen molar-refractivity contribution in [2.45, 2.75) is 19.9 Å². The smallest absolute Gasteiger partial charge is 0.307 e. The Hall–Kier alpha value is -2.04. The van der Waals surface area contributed by atoms with Gasteiger partial charge in [0.25, 0.3) is 0 Å². The van der Waals surface area contributed by atoms with Crippen molar-refractivity contribution in [2.24, 2.45) is 11.8 Å². The summed E-state index contributed by atoms with van der Waals surface area (Å²) >= 11 is 0. The van der Waals surface area contributed by atoms with Crippen LogP contribution in [0.3, 0.4) is 0 Å². The van der Waals surface area contributed by atoms with Gasteiger partial charge in [0.05, 0.1) is 18.9 Å². The molecule has 0 heterocycles. The van der Waals surface area contributed by atoms with E-state index in [0.29, 0.717) is 13.0 Å². The van der Waals surface area contributed by atoms with Gasteiger partial charge in [-0.05, 0) is 36.6 Å². The highest BCUT2D eigenvalue weighted by molar-refractivity contribution is 5.89. The fraction of sp³-hybridized carbons (Fsp3) is 0.429. The van der Waals surface area contributed by atoms with Crippen LogP contribution in [0.4, 0.5) is 0 Å². The first-order valence-corrected chi connectivity index (χ1v) is 6.16. The number of ether oxygens (including phenoxy) is 1. The van der Waals surface area contributed by atoms with Crippen molar-refractivity contribution in [3.05, 3.63) is 29.3 Å². The zero-order valence-electron chi connectivity index (χ0n) is 11.0. The number of aryl methyl sites for hydroxylation is 1. The second-order valence-corrected chi connectivity index (χ2v) is 4.86. The molecule has 102 valence electrons. The zero-order chi connectivity index (χ0) is 14.0. The van der Waals surface area contributed by atoms with E-state index in [1.807, 2.05) is 25.1 Å². The summed E-state index contributed by atoms with van der Waals surface area (Å²) in [6.45, 7) is 2.34. The van der Waals surface area contributed by atoms with Crippen molar-refractivity contribution in [3.63, 3.8) is 0 Å². The van der Waals surface area contributed by atoms with E-state index in [0.717, 1.165) is 16.9 Å². The van der Waals surface area contributed by atoms with E-state index in [4.69, 9.17) is 9.84 Å². The number of carbonyl (C=O) groups excluding carboxylic acids is 1. The van der Waals surface area contributed by atoms with Crippen LogP contribution in [0, 0.1) is 18.8 Å². The van der Waals surface area contributed by atoms with Crippen molar-refractivity contribution in [1.29, 1.82) is 0 Å². The van der Waals surface area contributed by atoms with Gasteiger partial charge in [0.2, 0.25) is 5.91 Å². The molecule has 2 rings (SSSR count). The van der Waals surface area contributed by atoms with E-state index in [9.17, 15) is 9.59 Å². The molecule has 5 nitrogen and oxygen atoms in total. The lowest BCUT2D eigenvalue weighted by Gasteiger charge is -2.08. The number of rotatable bonds is 5. The van der Waals surface area contributed by atoms with Gasteiger partial charge in [0.15, 0.2) is 0 Å². The molecule has 0 aliphatic heterocycles. The molecular formula is C14H17NO4. The van der Waals surface area contributed by atoms with Crippen LogP contribution in [0.5, 0.6) is 5.75 Å². The molecule has 1 fully saturated rings. The number of amides is 1. The Balaban J connectivity index is 1.91. The lowest BCUT2D eigenvalue weighted by atomic mass is 10.1. The normalized spacial score (nSPS) is 20.7. The van der Waals surface area contributed by atoms with Gasteiger partial charge in [-0.25, -0.2) is 0 Å². The van der Waals surface area contributed by atoms with Crippen LogP contribution in [0.2, 0.25) is 0 Å². The minimum absolute atomic E-state index is 0.187. The minimum atomic E-state index is -0.891. The summed E-state index contributed by atoms with van der Waals surface area (Å²) in [7, 11) is 1.60. The van der Waals surface area contributed by atoms with Crippen LogP contribution in [-0.2, 0) is 16.1 Å². The number of hydrogen-bond acceptors (Lipinski definition) is 3. The highest BCUT2D eigenvalue weighted by Gasteiger charge is 2.48. The molecule has 5 heteroatoms. The van der Waals surface area contributed by atoms with Crippen molar-refractivity contribution >= 4 is 11.9 Å². The Morgan fingerprint density at radius 3 is 2.68 bits per heavy atom. The number of hydrogen-bond donors (Lipinski definition) is 2. The summed E-state index contributed by atoms with van der Waals surface area (Å²) in [5, 5.41) is 11.5. The molecule has 1 aromatic carbocycles. The fourth-order valence-corrected chi connectivity index (χ4v) is 2.12. The summed E-state index contributed by atoms with van der Waals surface area (Å²) in [5.74, 6) is -1.21. The first-order chi connectivity index (χ1) is 9.01. The highest BCUT2D eigenvalue weighted by atomic mass is 16.5. The lowest BCUT2D eigenvalue weighted by molar-refractivity contribution is -0.140. The van der Waals surface area contributed by atoms with Crippen LogP contribution < -0.4 is 10.1 Å². The molecule has 2 atom stereocenters. The molecule has 0 saturated heterocycles. The summed E-state index contributed by atoms with van der Waals surface area (Å²) in [5.41, 5.74) is 2.00. The van der Waals surface area contributed by atoms with Crippen molar-refractivity contribution in [2.75, 3.05) is 7.11 Å². The number of aliphatic carboxylic acids is 1. The van der Waals surface area contributed by atoms with Crippen LogP contribution in [0.25, 0.3) is 0 Å². The topological polar surface area (TPSA) is 75.6 Å². The van der Waals surface area contributed by atoms with E-state index >= 15 is 0 Å². The monoisotopic (exact) mass is 263 g/mol. The van der Waals surface area contributed by atoms with Crippen molar-refractivity contribution < 1.29 is 19.4 Å². The van der Waals surface area contributed by atoms with E-state index < -0.39 is 11.9 Å². The third kappa shape index (κ3) is 3.24. The SMILES string of the molecule is COc1cc(C)cc(CNC(=O)C2CC2C(=O)O)c1. The van der Waals surface area contributed by atoms with Crippen LogP contribution >= 0.6 is 0 Å². The van der Waals surface area contributed by atoms with Gasteiger partial charge in [0.1, 0.15) is 5.75 Å². The van der Waals surface area contributed by atoms with Gasteiger partial charge in [-0.15, -0.1) is 0 Å². The van der Waals surface area contributed by atoms with E-state index in [-0.39, 0.29) is 11.8 Å². The van der Waals surface area contributed by atoms with E-state index in [1.165, 1.54) is 0 Å². The molecule has 2 N–H and O–H groups in total. The first kappa shape index (κ1) is 13.4. The van der Waals surface area contributed by atoms with Gasteiger partial charge in [-0.2, -0.15) is 0 Å². The number of benzene rings is 1. The van der Waals surface area contributed by atoms with Gasteiger partial charge >= 0.3 is 5.97 Å². The Morgan fingerprint density at radius 2 is 2.11 bits per heavy atom. The molecule has 1 amide bonds. The van der Waals surface area contributed by atoms with Crippen molar-refractivity contribution in [3.8, 4) is 5.75 Å². The third-order valence-corrected chi connectivity index (χ3v) is 3.26. The number of carboxylic acids is 1. The summed E-state index contributed by atoms with van der Waals surface area (Å²) < 4.78 is 5.16. The van der Waals surface area contributed by atoms with Crippen LogP contribution in [-0.4, -0.2) is 24.1 Å². The Morgan fingerprint density at radius 1 is 1.37 bits per heavy atom. The molecule has 0 aromatic heterocycles. The highest BCUT2D eigenvalue weighted by Crippen LogP contribution is 2.38. The number of nitrogens with one attached hydrogen (secondary N) is 1. The summed E-state index contributed by atoms with van der Waals surface area (Å²) in [4.78, 5) is 22.4. The van der Waals surface area contributed by atoms with E-state index in [1.54, 1.807) is 7.11 Å². The Kier molecular flexibility index (Phi) is 3.74. The largest absolute Gasteiger partial charge is 0.497 e. The quantitative estimate of drug-likeness (QED) is 0.840. The maximum Gasteiger partial charge on any atom is 0.307 e. The molecule has 19 heavy (non-hydrogen) atoms. The first-order valence-electron chi connectivity index (χ1n) is 6.16. The predicted octanol–water partition coefficient (Wildman–Crippen LogP) is 1.34. The van der Waals surface area contributed by atoms with Gasteiger partial charge in [-0.3, -0.25) is 9.59 Å². The van der Waals surface area contributed by atoms with Crippen LogP contribution in [0.15, 0.2) is 18.2 Å². The average molecular weight is 263 g/mol. The number of carbonyl (C=O) groups is 2. The molecule has 2 unspecified atom stereocenters. The predicted molar refractivity (Wildman–Crippen MR) is 68.8 cm³/mol. The minimum Gasteiger partial charge on any atom is -0.497 e. The molecule has 0 bridgehead atoms. The van der Waals surface area contributed by atoms with Crippen molar-refractivity contribution in [1.82, 2.24) is 5.32 Å². The Labute approximate surface area is 111 Å². The molecule has 1 aromatic rings. The number of carboxylic acid groups (broad SMARTS) is 1.